The molecule has 3 N–H and O–H groups in total. The van der Waals surface area contributed by atoms with Crippen LogP contribution in [-0.4, -0.2) is 10.9 Å². The third-order valence-corrected chi connectivity index (χ3v) is 3.41. The van der Waals surface area contributed by atoms with Crippen molar-refractivity contribution in [3.63, 3.8) is 0 Å². The third kappa shape index (κ3) is 3.57. The molecule has 0 aliphatic carbocycles. The van der Waals surface area contributed by atoms with E-state index in [-0.39, 0.29) is 12.3 Å². The van der Waals surface area contributed by atoms with Crippen molar-refractivity contribution in [3.8, 4) is 0 Å². The van der Waals surface area contributed by atoms with E-state index >= 15 is 0 Å². The van der Waals surface area contributed by atoms with Crippen LogP contribution < -0.4 is 11.1 Å². The van der Waals surface area contributed by atoms with Gasteiger partial charge in [0.05, 0.1) is 18.3 Å². The number of hydrogen-bond donors (Lipinski definition) is 2. The lowest BCUT2D eigenvalue weighted by Crippen LogP contribution is -2.16. The van der Waals surface area contributed by atoms with Crippen molar-refractivity contribution >= 4 is 33.2 Å². The molecular formula is C15H16BrN3O. The van der Waals surface area contributed by atoms with E-state index in [0.717, 1.165) is 21.3 Å². The second-order valence-electron chi connectivity index (χ2n) is 4.72. The second-order valence-corrected chi connectivity index (χ2v) is 5.64. The van der Waals surface area contributed by atoms with Crippen molar-refractivity contribution in [2.75, 3.05) is 11.1 Å². The first-order valence-corrected chi connectivity index (χ1v) is 7.02. The lowest BCUT2D eigenvalue weighted by atomic mass is 10.1. The second kappa shape index (κ2) is 6.05. The van der Waals surface area contributed by atoms with Gasteiger partial charge in [0, 0.05) is 15.9 Å². The Kier molecular flexibility index (Phi) is 4.39. The third-order valence-electron chi connectivity index (χ3n) is 2.95. The van der Waals surface area contributed by atoms with Crippen LogP contribution in [0, 0.1) is 13.8 Å². The van der Waals surface area contributed by atoms with Crippen molar-refractivity contribution in [2.24, 2.45) is 0 Å². The minimum Gasteiger partial charge on any atom is -0.397 e. The van der Waals surface area contributed by atoms with Crippen molar-refractivity contribution in [1.82, 2.24) is 4.98 Å². The van der Waals surface area contributed by atoms with Gasteiger partial charge in [0.25, 0.3) is 0 Å². The van der Waals surface area contributed by atoms with E-state index in [1.807, 2.05) is 26.0 Å². The summed E-state index contributed by atoms with van der Waals surface area (Å²) in [5.74, 6) is -0.0872. The summed E-state index contributed by atoms with van der Waals surface area (Å²) in [5, 5.41) is 2.94. The number of nitrogens with two attached hydrogens (primary N) is 1. The number of anilines is 2. The summed E-state index contributed by atoms with van der Waals surface area (Å²) >= 11 is 3.44. The number of hydrogen-bond acceptors (Lipinski definition) is 3. The van der Waals surface area contributed by atoms with Gasteiger partial charge in [-0.05, 0) is 49.2 Å². The molecule has 0 saturated carbocycles. The number of aromatic nitrogens is 1. The van der Waals surface area contributed by atoms with Crippen molar-refractivity contribution in [1.29, 1.82) is 0 Å². The van der Waals surface area contributed by atoms with Gasteiger partial charge >= 0.3 is 0 Å². The summed E-state index contributed by atoms with van der Waals surface area (Å²) in [5.41, 5.74) is 9.76. The fourth-order valence-corrected chi connectivity index (χ4v) is 2.68. The molecule has 0 radical (unpaired) electrons. The zero-order valence-corrected chi connectivity index (χ0v) is 13.0. The first-order chi connectivity index (χ1) is 9.45. The highest BCUT2D eigenvalue weighted by molar-refractivity contribution is 9.10. The van der Waals surface area contributed by atoms with Gasteiger partial charge in [-0.3, -0.25) is 9.78 Å². The van der Waals surface area contributed by atoms with Crippen molar-refractivity contribution < 1.29 is 4.79 Å². The van der Waals surface area contributed by atoms with E-state index in [0.29, 0.717) is 11.4 Å². The van der Waals surface area contributed by atoms with E-state index in [2.05, 4.69) is 26.2 Å². The summed E-state index contributed by atoms with van der Waals surface area (Å²) in [6, 6.07) is 7.45. The summed E-state index contributed by atoms with van der Waals surface area (Å²) in [6.07, 6.45) is 1.79. The Morgan fingerprint density at radius 2 is 1.95 bits per heavy atom. The Hall–Kier alpha value is -1.88. The van der Waals surface area contributed by atoms with Gasteiger partial charge in [-0.2, -0.15) is 0 Å². The fourth-order valence-electron chi connectivity index (χ4n) is 2.00. The molecule has 20 heavy (non-hydrogen) atoms. The van der Waals surface area contributed by atoms with E-state index in [1.165, 1.54) is 0 Å². The van der Waals surface area contributed by atoms with Crippen LogP contribution >= 0.6 is 15.9 Å². The highest BCUT2D eigenvalue weighted by Gasteiger charge is 2.09. The number of nitrogens with zero attached hydrogens (tertiary/aromatic N) is 1. The average molecular weight is 334 g/mol. The van der Waals surface area contributed by atoms with E-state index in [9.17, 15) is 4.79 Å². The predicted octanol–water partition coefficient (Wildman–Crippen LogP) is 3.22. The minimum atomic E-state index is -0.0872. The zero-order valence-electron chi connectivity index (χ0n) is 11.4. The highest BCUT2D eigenvalue weighted by Crippen LogP contribution is 2.25. The molecule has 104 valence electrons. The average Bonchev–Trinajstić information content (AvgIpc) is 2.36. The number of carbonyl (C=O) groups is 1. The number of halogens is 1. The molecule has 0 fully saturated rings. The highest BCUT2D eigenvalue weighted by atomic mass is 79.9. The molecule has 2 aromatic rings. The number of nitrogen functional groups attached to an aromatic ring is 1. The van der Waals surface area contributed by atoms with Gasteiger partial charge in [-0.15, -0.1) is 0 Å². The molecule has 4 nitrogen and oxygen atoms in total. The molecule has 0 bridgehead atoms. The van der Waals surface area contributed by atoms with Crippen LogP contribution in [0.25, 0.3) is 0 Å². The Balaban J connectivity index is 2.10. The number of nitrogens with one attached hydrogen (secondary N) is 1. The summed E-state index contributed by atoms with van der Waals surface area (Å²) < 4.78 is 1.01. The van der Waals surface area contributed by atoms with Gasteiger partial charge in [0.15, 0.2) is 0 Å². The summed E-state index contributed by atoms with van der Waals surface area (Å²) in [6.45, 7) is 3.93. The van der Waals surface area contributed by atoms with E-state index in [4.69, 9.17) is 5.73 Å². The number of aryl methyl sites for hydroxylation is 2. The number of pyridine rings is 1. The Morgan fingerprint density at radius 3 is 2.50 bits per heavy atom. The Morgan fingerprint density at radius 1 is 1.30 bits per heavy atom. The molecule has 0 spiro atoms. The lowest BCUT2D eigenvalue weighted by molar-refractivity contribution is -0.115. The van der Waals surface area contributed by atoms with Gasteiger partial charge < -0.3 is 11.1 Å². The summed E-state index contributed by atoms with van der Waals surface area (Å²) in [4.78, 5) is 16.2. The standard InChI is InChI=1S/C15H16BrN3O/c1-9-5-11(16)6-10(2)15(9)19-14(20)7-13-4-3-12(17)8-18-13/h3-6,8H,7,17H2,1-2H3,(H,19,20). The molecule has 1 heterocycles. The SMILES string of the molecule is Cc1cc(Br)cc(C)c1NC(=O)Cc1ccc(N)cn1. The molecule has 0 atom stereocenters. The lowest BCUT2D eigenvalue weighted by Gasteiger charge is -2.12. The van der Waals surface area contributed by atoms with Crippen LogP contribution in [0.4, 0.5) is 11.4 Å². The molecule has 1 aromatic carbocycles. The van der Waals surface area contributed by atoms with Gasteiger partial charge in [0.2, 0.25) is 5.91 Å². The van der Waals surface area contributed by atoms with E-state index in [1.54, 1.807) is 18.3 Å². The first kappa shape index (κ1) is 14.5. The van der Waals surface area contributed by atoms with Crippen LogP contribution in [0.1, 0.15) is 16.8 Å². The van der Waals surface area contributed by atoms with Gasteiger partial charge in [-0.1, -0.05) is 15.9 Å². The minimum absolute atomic E-state index is 0.0872. The van der Waals surface area contributed by atoms with Crippen molar-refractivity contribution in [3.05, 3.63) is 51.8 Å². The predicted molar refractivity (Wildman–Crippen MR) is 84.6 cm³/mol. The molecule has 0 aliphatic rings. The monoisotopic (exact) mass is 333 g/mol. The Labute approximate surface area is 126 Å². The first-order valence-electron chi connectivity index (χ1n) is 6.22. The van der Waals surface area contributed by atoms with Crippen LogP contribution in [0.15, 0.2) is 34.9 Å². The zero-order chi connectivity index (χ0) is 14.7. The molecule has 1 amide bonds. The quantitative estimate of drug-likeness (QED) is 0.906. The molecule has 2 rings (SSSR count). The molecule has 0 unspecified atom stereocenters. The largest absolute Gasteiger partial charge is 0.397 e. The van der Waals surface area contributed by atoms with Gasteiger partial charge in [-0.25, -0.2) is 0 Å². The number of rotatable bonds is 3. The van der Waals surface area contributed by atoms with Crippen LogP contribution in [-0.2, 0) is 11.2 Å². The van der Waals surface area contributed by atoms with Crippen molar-refractivity contribution in [2.45, 2.75) is 20.3 Å². The van der Waals surface area contributed by atoms with Crippen LogP contribution in [0.2, 0.25) is 0 Å². The number of carbonyl (C=O) groups excluding carboxylic acids is 1. The number of benzene rings is 1. The molecular weight excluding hydrogens is 318 g/mol. The van der Waals surface area contributed by atoms with Gasteiger partial charge in [0.1, 0.15) is 0 Å². The fraction of sp³-hybridized carbons (Fsp3) is 0.200. The van der Waals surface area contributed by atoms with E-state index < -0.39 is 0 Å². The van der Waals surface area contributed by atoms with Crippen LogP contribution in [0.3, 0.4) is 0 Å². The molecule has 1 aromatic heterocycles. The maximum atomic E-state index is 12.1. The normalized spacial score (nSPS) is 10.3. The smallest absolute Gasteiger partial charge is 0.230 e. The molecule has 0 saturated heterocycles. The molecule has 0 aliphatic heterocycles. The van der Waals surface area contributed by atoms with Crippen LogP contribution in [0.5, 0.6) is 0 Å². The topological polar surface area (TPSA) is 68.0 Å². The maximum Gasteiger partial charge on any atom is 0.230 e. The number of amides is 1. The summed E-state index contributed by atoms with van der Waals surface area (Å²) in [7, 11) is 0. The molecule has 5 heteroatoms. The Bertz CT molecular complexity index is 615. The maximum absolute atomic E-state index is 12.1.